The van der Waals surface area contributed by atoms with Gasteiger partial charge in [-0.3, -0.25) is 9.69 Å². The first-order chi connectivity index (χ1) is 9.85. The van der Waals surface area contributed by atoms with Gasteiger partial charge in [0.2, 0.25) is 5.91 Å². The van der Waals surface area contributed by atoms with Crippen molar-refractivity contribution in [1.82, 2.24) is 4.90 Å². The smallest absolute Gasteiger partial charge is 0.284 e. The first kappa shape index (κ1) is 15.7. The summed E-state index contributed by atoms with van der Waals surface area (Å²) in [6, 6.07) is 4.36. The first-order valence-electron chi connectivity index (χ1n) is 6.04. The van der Waals surface area contributed by atoms with Gasteiger partial charge in [-0.2, -0.15) is 8.42 Å². The molecule has 0 saturated carbocycles. The van der Waals surface area contributed by atoms with E-state index in [9.17, 15) is 17.6 Å². The van der Waals surface area contributed by atoms with Crippen LogP contribution in [0.2, 0.25) is 0 Å². The highest BCUT2D eigenvalue weighted by molar-refractivity contribution is 8.16. The summed E-state index contributed by atoms with van der Waals surface area (Å²) in [7, 11) is -3.99. The zero-order valence-corrected chi connectivity index (χ0v) is 12.8. The van der Waals surface area contributed by atoms with Gasteiger partial charge in [0.05, 0.1) is 10.1 Å². The highest BCUT2D eigenvalue weighted by Crippen LogP contribution is 2.28. The van der Waals surface area contributed by atoms with E-state index >= 15 is 0 Å². The minimum absolute atomic E-state index is 0.108. The van der Waals surface area contributed by atoms with E-state index in [2.05, 4.69) is 11.0 Å². The number of rotatable bonds is 4. The SMILES string of the molecule is C=CCN1C(=O)[C@@H](C)SC1=NS(=O)(=O)c1ccc(F)cc1. The summed E-state index contributed by atoms with van der Waals surface area (Å²) in [5, 5.41) is -0.288. The first-order valence-corrected chi connectivity index (χ1v) is 8.36. The summed E-state index contributed by atoms with van der Waals surface area (Å²) in [6.45, 7) is 5.40. The predicted molar refractivity (Wildman–Crippen MR) is 80.0 cm³/mol. The number of benzene rings is 1. The van der Waals surface area contributed by atoms with Crippen LogP contribution in [0, 0.1) is 5.82 Å². The lowest BCUT2D eigenvalue weighted by molar-refractivity contribution is -0.125. The van der Waals surface area contributed by atoms with Crippen molar-refractivity contribution in [2.45, 2.75) is 17.1 Å². The molecular formula is C13H13FN2O3S2. The molecule has 21 heavy (non-hydrogen) atoms. The van der Waals surface area contributed by atoms with E-state index in [1.807, 2.05) is 0 Å². The molecule has 0 aliphatic carbocycles. The molecule has 0 radical (unpaired) electrons. The molecule has 2 rings (SSSR count). The van der Waals surface area contributed by atoms with E-state index in [0.29, 0.717) is 0 Å². The van der Waals surface area contributed by atoms with Crippen LogP contribution < -0.4 is 0 Å². The van der Waals surface area contributed by atoms with Crippen molar-refractivity contribution in [2.24, 2.45) is 4.40 Å². The van der Waals surface area contributed by atoms with Gasteiger partial charge in [0.25, 0.3) is 10.0 Å². The fraction of sp³-hybridized carbons (Fsp3) is 0.231. The minimum atomic E-state index is -3.99. The van der Waals surface area contributed by atoms with Crippen molar-refractivity contribution in [3.8, 4) is 0 Å². The summed E-state index contributed by atoms with van der Waals surface area (Å²) in [5.74, 6) is -0.748. The highest BCUT2D eigenvalue weighted by Gasteiger charge is 2.35. The topological polar surface area (TPSA) is 66.8 Å². The Morgan fingerprint density at radius 1 is 1.43 bits per heavy atom. The monoisotopic (exact) mass is 328 g/mol. The number of amides is 1. The van der Waals surface area contributed by atoms with Crippen molar-refractivity contribution in [2.75, 3.05) is 6.54 Å². The summed E-state index contributed by atoms with van der Waals surface area (Å²) < 4.78 is 40.9. The molecule has 1 atom stereocenters. The molecule has 1 saturated heterocycles. The molecule has 8 heteroatoms. The van der Waals surface area contributed by atoms with Gasteiger partial charge in [-0.25, -0.2) is 4.39 Å². The normalized spacial score (nSPS) is 21.0. The Morgan fingerprint density at radius 3 is 2.62 bits per heavy atom. The van der Waals surface area contributed by atoms with Crippen LogP contribution >= 0.6 is 11.8 Å². The summed E-state index contributed by atoms with van der Waals surface area (Å²) in [6.07, 6.45) is 1.50. The molecule has 1 aromatic carbocycles. The van der Waals surface area contributed by atoms with Gasteiger partial charge in [-0.1, -0.05) is 17.8 Å². The average molecular weight is 328 g/mol. The van der Waals surface area contributed by atoms with Crippen LogP contribution in [0.3, 0.4) is 0 Å². The molecule has 5 nitrogen and oxygen atoms in total. The fourth-order valence-electron chi connectivity index (χ4n) is 1.72. The Bertz CT molecular complexity index is 699. The average Bonchev–Trinajstić information content (AvgIpc) is 2.67. The van der Waals surface area contributed by atoms with Crippen LogP contribution in [-0.4, -0.2) is 36.2 Å². The number of hydrogen-bond donors (Lipinski definition) is 0. The minimum Gasteiger partial charge on any atom is -0.286 e. The van der Waals surface area contributed by atoms with Crippen LogP contribution in [0.25, 0.3) is 0 Å². The number of halogens is 1. The summed E-state index contributed by atoms with van der Waals surface area (Å²) in [4.78, 5) is 13.0. The molecule has 0 bridgehead atoms. The van der Waals surface area contributed by atoms with E-state index in [1.54, 1.807) is 6.92 Å². The summed E-state index contributed by atoms with van der Waals surface area (Å²) >= 11 is 1.07. The second-order valence-corrected chi connectivity index (χ2v) is 7.21. The molecule has 0 aromatic heterocycles. The van der Waals surface area contributed by atoms with E-state index in [1.165, 1.54) is 11.0 Å². The van der Waals surface area contributed by atoms with Crippen molar-refractivity contribution < 1.29 is 17.6 Å². The van der Waals surface area contributed by atoms with Gasteiger partial charge in [0.1, 0.15) is 5.82 Å². The number of carbonyl (C=O) groups is 1. The molecule has 1 amide bonds. The van der Waals surface area contributed by atoms with E-state index in [-0.39, 0.29) is 22.5 Å². The Kier molecular flexibility index (Phi) is 4.48. The van der Waals surface area contributed by atoms with Crippen molar-refractivity contribution >= 4 is 32.9 Å². The maximum Gasteiger partial charge on any atom is 0.284 e. The molecule has 0 unspecified atom stereocenters. The quantitative estimate of drug-likeness (QED) is 0.793. The third-order valence-electron chi connectivity index (χ3n) is 2.75. The molecule has 1 fully saturated rings. The number of hydrogen-bond acceptors (Lipinski definition) is 4. The van der Waals surface area contributed by atoms with Gasteiger partial charge < -0.3 is 0 Å². The van der Waals surface area contributed by atoms with Crippen LogP contribution in [0.4, 0.5) is 4.39 Å². The number of thioether (sulfide) groups is 1. The molecule has 1 aliphatic rings. The van der Waals surface area contributed by atoms with Crippen molar-refractivity contribution in [3.63, 3.8) is 0 Å². The number of carbonyl (C=O) groups excluding carboxylic acids is 1. The molecular weight excluding hydrogens is 315 g/mol. The van der Waals surface area contributed by atoms with E-state index in [4.69, 9.17) is 0 Å². The fourth-order valence-corrected chi connectivity index (χ4v) is 3.91. The zero-order chi connectivity index (χ0) is 15.6. The van der Waals surface area contributed by atoms with Crippen molar-refractivity contribution in [1.29, 1.82) is 0 Å². The maximum atomic E-state index is 12.8. The molecule has 1 heterocycles. The lowest BCUT2D eigenvalue weighted by Gasteiger charge is -2.13. The number of nitrogens with zero attached hydrogens (tertiary/aromatic N) is 2. The van der Waals surface area contributed by atoms with Crippen molar-refractivity contribution in [3.05, 3.63) is 42.7 Å². The molecule has 0 spiro atoms. The second kappa shape index (κ2) is 5.98. The van der Waals surface area contributed by atoms with Crippen LogP contribution in [-0.2, 0) is 14.8 Å². The standard InChI is InChI=1S/C13H13FN2O3S2/c1-3-8-16-12(17)9(2)20-13(16)15-21(18,19)11-6-4-10(14)5-7-11/h3-7,9H,1,8H2,2H3/t9-/m1/s1. The highest BCUT2D eigenvalue weighted by atomic mass is 32.2. The Hall–Kier alpha value is -1.67. The second-order valence-electron chi connectivity index (χ2n) is 4.30. The molecule has 1 aliphatic heterocycles. The van der Waals surface area contributed by atoms with Gasteiger partial charge in [0.15, 0.2) is 5.17 Å². The van der Waals surface area contributed by atoms with Crippen LogP contribution in [0.15, 0.2) is 46.2 Å². The van der Waals surface area contributed by atoms with E-state index in [0.717, 1.165) is 36.0 Å². The molecule has 1 aromatic rings. The van der Waals surface area contributed by atoms with Crippen LogP contribution in [0.1, 0.15) is 6.92 Å². The van der Waals surface area contributed by atoms with E-state index < -0.39 is 21.1 Å². The largest absolute Gasteiger partial charge is 0.286 e. The molecule has 0 N–H and O–H groups in total. The summed E-state index contributed by atoms with van der Waals surface area (Å²) in [5.41, 5.74) is 0. The maximum absolute atomic E-state index is 12.8. The predicted octanol–water partition coefficient (Wildman–Crippen LogP) is 2.02. The Balaban J connectivity index is 2.39. The van der Waals surface area contributed by atoms with Gasteiger partial charge in [-0.05, 0) is 31.2 Å². The third kappa shape index (κ3) is 3.33. The number of amidine groups is 1. The number of sulfonamides is 1. The zero-order valence-electron chi connectivity index (χ0n) is 11.2. The van der Waals surface area contributed by atoms with Gasteiger partial charge in [0, 0.05) is 6.54 Å². The Labute approximate surface area is 126 Å². The van der Waals surface area contributed by atoms with Gasteiger partial charge in [-0.15, -0.1) is 11.0 Å². The van der Waals surface area contributed by atoms with Gasteiger partial charge >= 0.3 is 0 Å². The van der Waals surface area contributed by atoms with Crippen LogP contribution in [0.5, 0.6) is 0 Å². The third-order valence-corrected chi connectivity index (χ3v) is 5.22. The lowest BCUT2D eigenvalue weighted by atomic mass is 10.4. The molecule has 112 valence electrons. The Morgan fingerprint density at radius 2 is 2.05 bits per heavy atom. The lowest BCUT2D eigenvalue weighted by Crippen LogP contribution is -2.31.